The van der Waals surface area contributed by atoms with Crippen LogP contribution in [0.5, 0.6) is 0 Å². The number of ether oxygens (including phenoxy) is 1. The molecular formula is C24H23N3O3. The molecule has 1 heterocycles. The molecule has 1 N–H and O–H groups in total. The SMILES string of the molecule is COC(=O)C(Cc1cccc(C#N)c1)C(C)NC(=O)c1ccc(-n2cccc2)cc1. The van der Waals surface area contributed by atoms with Gasteiger partial charge in [-0.1, -0.05) is 12.1 Å². The van der Waals surface area contributed by atoms with E-state index in [1.165, 1.54) is 7.11 Å². The predicted molar refractivity (Wildman–Crippen MR) is 113 cm³/mol. The average Bonchev–Trinajstić information content (AvgIpc) is 3.32. The van der Waals surface area contributed by atoms with Crippen LogP contribution < -0.4 is 5.32 Å². The number of nitrogens with zero attached hydrogens (tertiary/aromatic N) is 2. The van der Waals surface area contributed by atoms with Gasteiger partial charge < -0.3 is 14.6 Å². The lowest BCUT2D eigenvalue weighted by Crippen LogP contribution is -2.42. The zero-order valence-electron chi connectivity index (χ0n) is 16.9. The second-order valence-corrected chi connectivity index (χ2v) is 7.05. The predicted octanol–water partition coefficient (Wildman–Crippen LogP) is 3.50. The second kappa shape index (κ2) is 9.57. The molecule has 1 amide bonds. The molecule has 0 aliphatic carbocycles. The summed E-state index contributed by atoms with van der Waals surface area (Å²) in [5.74, 6) is -1.25. The van der Waals surface area contributed by atoms with Gasteiger partial charge in [-0.3, -0.25) is 9.59 Å². The Kier molecular flexibility index (Phi) is 6.66. The maximum Gasteiger partial charge on any atom is 0.311 e. The van der Waals surface area contributed by atoms with Gasteiger partial charge in [-0.05, 0) is 67.4 Å². The van der Waals surface area contributed by atoms with E-state index in [2.05, 4.69) is 11.4 Å². The number of carbonyl (C=O) groups is 2. The van der Waals surface area contributed by atoms with E-state index in [9.17, 15) is 9.59 Å². The van der Waals surface area contributed by atoms with Crippen LogP contribution in [-0.2, 0) is 16.0 Å². The number of nitriles is 1. The van der Waals surface area contributed by atoms with E-state index in [4.69, 9.17) is 10.00 Å². The van der Waals surface area contributed by atoms with Gasteiger partial charge in [0.05, 0.1) is 24.7 Å². The Morgan fingerprint density at radius 1 is 1.10 bits per heavy atom. The summed E-state index contributed by atoms with van der Waals surface area (Å²) in [6, 6.07) is 19.8. The number of hydrogen-bond acceptors (Lipinski definition) is 4. The molecule has 0 saturated carbocycles. The minimum atomic E-state index is -0.577. The third kappa shape index (κ3) is 4.95. The minimum Gasteiger partial charge on any atom is -0.469 e. The second-order valence-electron chi connectivity index (χ2n) is 7.05. The van der Waals surface area contributed by atoms with Crippen molar-refractivity contribution in [3.63, 3.8) is 0 Å². The van der Waals surface area contributed by atoms with Crippen molar-refractivity contribution in [1.82, 2.24) is 9.88 Å². The molecule has 0 spiro atoms. The summed E-state index contributed by atoms with van der Waals surface area (Å²) >= 11 is 0. The third-order valence-corrected chi connectivity index (χ3v) is 5.01. The lowest BCUT2D eigenvalue weighted by atomic mass is 9.92. The van der Waals surface area contributed by atoms with Crippen LogP contribution in [0.25, 0.3) is 5.69 Å². The Hall–Kier alpha value is -3.85. The van der Waals surface area contributed by atoms with Crippen LogP contribution in [0.15, 0.2) is 73.1 Å². The molecule has 0 aliphatic heterocycles. The van der Waals surface area contributed by atoms with Crippen molar-refractivity contribution in [3.8, 4) is 11.8 Å². The van der Waals surface area contributed by atoms with Crippen molar-refractivity contribution in [1.29, 1.82) is 5.26 Å². The average molecular weight is 401 g/mol. The zero-order valence-corrected chi connectivity index (χ0v) is 16.9. The van der Waals surface area contributed by atoms with Crippen LogP contribution >= 0.6 is 0 Å². The van der Waals surface area contributed by atoms with Gasteiger partial charge in [-0.25, -0.2) is 0 Å². The lowest BCUT2D eigenvalue weighted by Gasteiger charge is -2.23. The number of aromatic nitrogens is 1. The number of nitrogens with one attached hydrogen (secondary N) is 1. The van der Waals surface area contributed by atoms with E-state index < -0.39 is 17.9 Å². The molecule has 0 radical (unpaired) electrons. The van der Waals surface area contributed by atoms with Crippen molar-refractivity contribution in [2.75, 3.05) is 7.11 Å². The lowest BCUT2D eigenvalue weighted by molar-refractivity contribution is -0.146. The first kappa shape index (κ1) is 20.9. The Balaban J connectivity index is 1.71. The van der Waals surface area contributed by atoms with E-state index in [0.29, 0.717) is 17.5 Å². The molecule has 3 rings (SSSR count). The maximum atomic E-state index is 12.7. The summed E-state index contributed by atoms with van der Waals surface area (Å²) in [5.41, 5.74) is 2.82. The standard InChI is InChI=1S/C24H23N3O3/c1-17(22(24(29)30-2)15-18-6-5-7-19(14-18)16-25)26-23(28)20-8-10-21(11-9-20)27-12-3-4-13-27/h3-14,17,22H,15H2,1-2H3,(H,26,28). The number of benzene rings is 2. The van der Waals surface area contributed by atoms with Gasteiger partial charge in [0.1, 0.15) is 0 Å². The first-order valence-corrected chi connectivity index (χ1v) is 9.63. The first-order chi connectivity index (χ1) is 14.5. The van der Waals surface area contributed by atoms with E-state index in [1.807, 2.05) is 47.3 Å². The molecule has 2 aromatic carbocycles. The maximum absolute atomic E-state index is 12.7. The molecule has 3 aromatic rings. The molecule has 0 fully saturated rings. The Bertz CT molecular complexity index is 1050. The highest BCUT2D eigenvalue weighted by Gasteiger charge is 2.28. The van der Waals surface area contributed by atoms with Crippen molar-refractivity contribution in [2.24, 2.45) is 5.92 Å². The molecule has 6 nitrogen and oxygen atoms in total. The Labute approximate surface area is 175 Å². The highest BCUT2D eigenvalue weighted by molar-refractivity contribution is 5.94. The van der Waals surface area contributed by atoms with Crippen molar-refractivity contribution >= 4 is 11.9 Å². The molecule has 0 saturated heterocycles. The van der Waals surface area contributed by atoms with Gasteiger partial charge in [-0.2, -0.15) is 5.26 Å². The third-order valence-electron chi connectivity index (χ3n) is 5.01. The van der Waals surface area contributed by atoms with Crippen molar-refractivity contribution in [2.45, 2.75) is 19.4 Å². The summed E-state index contributed by atoms with van der Waals surface area (Å²) in [7, 11) is 1.33. The summed E-state index contributed by atoms with van der Waals surface area (Å²) in [6.45, 7) is 1.78. The number of hydrogen-bond donors (Lipinski definition) is 1. The quantitative estimate of drug-likeness (QED) is 0.614. The normalized spacial score (nSPS) is 12.4. The van der Waals surface area contributed by atoms with Gasteiger partial charge in [-0.15, -0.1) is 0 Å². The largest absolute Gasteiger partial charge is 0.469 e. The monoisotopic (exact) mass is 401 g/mol. The number of rotatable bonds is 7. The molecule has 2 unspecified atom stereocenters. The fraction of sp³-hybridized carbons (Fsp3) is 0.208. The van der Waals surface area contributed by atoms with Crippen molar-refractivity contribution < 1.29 is 14.3 Å². The van der Waals surface area contributed by atoms with Gasteiger partial charge in [0.2, 0.25) is 0 Å². The fourth-order valence-corrected chi connectivity index (χ4v) is 3.32. The molecule has 0 aliphatic rings. The molecular weight excluding hydrogens is 378 g/mol. The highest BCUT2D eigenvalue weighted by atomic mass is 16.5. The van der Waals surface area contributed by atoms with E-state index >= 15 is 0 Å². The topological polar surface area (TPSA) is 84.1 Å². The van der Waals surface area contributed by atoms with Gasteiger partial charge in [0.25, 0.3) is 5.91 Å². The van der Waals surface area contributed by atoms with Gasteiger partial charge in [0, 0.05) is 29.7 Å². The van der Waals surface area contributed by atoms with Crippen molar-refractivity contribution in [3.05, 3.63) is 89.7 Å². The van der Waals surface area contributed by atoms with Gasteiger partial charge in [0.15, 0.2) is 0 Å². The van der Waals surface area contributed by atoms with Gasteiger partial charge >= 0.3 is 5.97 Å². The summed E-state index contributed by atoms with van der Waals surface area (Å²) < 4.78 is 6.90. The molecule has 30 heavy (non-hydrogen) atoms. The highest BCUT2D eigenvalue weighted by Crippen LogP contribution is 2.17. The first-order valence-electron chi connectivity index (χ1n) is 9.63. The fourth-order valence-electron chi connectivity index (χ4n) is 3.32. The Morgan fingerprint density at radius 2 is 1.80 bits per heavy atom. The zero-order chi connectivity index (χ0) is 21.5. The Morgan fingerprint density at radius 3 is 2.43 bits per heavy atom. The summed E-state index contributed by atoms with van der Waals surface area (Å²) in [4.78, 5) is 25.1. The van der Waals surface area contributed by atoms with E-state index in [0.717, 1.165) is 11.3 Å². The van der Waals surface area contributed by atoms with Crippen LogP contribution in [0.2, 0.25) is 0 Å². The molecule has 2 atom stereocenters. The molecule has 6 heteroatoms. The summed E-state index contributed by atoms with van der Waals surface area (Å²) in [5, 5.41) is 12.0. The summed E-state index contributed by atoms with van der Waals surface area (Å²) in [6.07, 6.45) is 4.22. The minimum absolute atomic E-state index is 0.263. The van der Waals surface area contributed by atoms with Crippen LogP contribution in [0, 0.1) is 17.2 Å². The van der Waals surface area contributed by atoms with E-state index in [1.54, 1.807) is 37.3 Å². The number of carbonyl (C=O) groups excluding carboxylic acids is 2. The van der Waals surface area contributed by atoms with Crippen LogP contribution in [0.3, 0.4) is 0 Å². The number of amides is 1. The number of esters is 1. The number of methoxy groups -OCH3 is 1. The van der Waals surface area contributed by atoms with E-state index in [-0.39, 0.29) is 5.91 Å². The molecule has 1 aromatic heterocycles. The van der Waals surface area contributed by atoms with Crippen LogP contribution in [-0.4, -0.2) is 29.6 Å². The molecule has 152 valence electrons. The van der Waals surface area contributed by atoms with Crippen LogP contribution in [0.1, 0.15) is 28.4 Å². The van der Waals surface area contributed by atoms with Crippen LogP contribution in [0.4, 0.5) is 0 Å². The smallest absolute Gasteiger partial charge is 0.311 e. The molecule has 0 bridgehead atoms.